The van der Waals surface area contributed by atoms with Crippen LogP contribution in [0.4, 0.5) is 21.9 Å². The minimum atomic E-state index is -0.685. The molecule has 0 aliphatic heterocycles. The van der Waals surface area contributed by atoms with E-state index in [4.69, 9.17) is 9.47 Å². The lowest BCUT2D eigenvalue weighted by atomic mass is 10.0. The van der Waals surface area contributed by atoms with Gasteiger partial charge in [-0.2, -0.15) is 0 Å². The summed E-state index contributed by atoms with van der Waals surface area (Å²) in [6.07, 6.45) is -0.659. The third kappa shape index (κ3) is 6.22. The first-order valence-electron chi connectivity index (χ1n) is 10.4. The third-order valence-electron chi connectivity index (χ3n) is 4.54. The van der Waals surface area contributed by atoms with Crippen molar-refractivity contribution in [2.24, 2.45) is 0 Å². The Balaban J connectivity index is 1.93. The molecule has 3 amide bonds. The van der Waals surface area contributed by atoms with Crippen LogP contribution in [0.5, 0.6) is 5.75 Å². The molecule has 0 radical (unpaired) electrons. The highest BCUT2D eigenvalue weighted by Gasteiger charge is 2.20. The van der Waals surface area contributed by atoms with Crippen molar-refractivity contribution in [2.45, 2.75) is 33.3 Å². The lowest BCUT2D eigenvalue weighted by Crippen LogP contribution is -2.28. The zero-order valence-corrected chi connectivity index (χ0v) is 19.2. The van der Waals surface area contributed by atoms with Gasteiger partial charge in [0, 0.05) is 18.7 Å². The van der Waals surface area contributed by atoms with E-state index in [1.54, 1.807) is 51.1 Å². The van der Waals surface area contributed by atoms with Crippen molar-refractivity contribution in [3.63, 3.8) is 0 Å². The van der Waals surface area contributed by atoms with Crippen LogP contribution in [0.1, 0.15) is 38.1 Å². The van der Waals surface area contributed by atoms with Crippen LogP contribution in [0.15, 0.2) is 54.6 Å². The molecular formula is C25H27N3O5. The average molecular weight is 450 g/mol. The van der Waals surface area contributed by atoms with Crippen LogP contribution in [-0.2, 0) is 9.53 Å². The Morgan fingerprint density at radius 2 is 1.48 bits per heavy atom. The summed E-state index contributed by atoms with van der Waals surface area (Å²) in [5.41, 5.74) is 0.852. The van der Waals surface area contributed by atoms with Crippen molar-refractivity contribution in [2.75, 3.05) is 23.1 Å². The number of hydrogen-bond acceptors (Lipinski definition) is 5. The molecule has 3 aromatic rings. The molecule has 0 heterocycles. The quantitative estimate of drug-likeness (QED) is 0.483. The van der Waals surface area contributed by atoms with E-state index in [0.29, 0.717) is 22.8 Å². The van der Waals surface area contributed by atoms with Crippen LogP contribution in [0.3, 0.4) is 0 Å². The van der Waals surface area contributed by atoms with Crippen LogP contribution >= 0.6 is 0 Å². The van der Waals surface area contributed by atoms with E-state index in [9.17, 15) is 14.4 Å². The normalized spacial score (nSPS) is 10.9. The maximum Gasteiger partial charge on any atom is 0.412 e. The smallest absolute Gasteiger partial charge is 0.412 e. The van der Waals surface area contributed by atoms with Crippen molar-refractivity contribution in [3.8, 4) is 5.75 Å². The van der Waals surface area contributed by atoms with Gasteiger partial charge in [-0.1, -0.05) is 24.3 Å². The molecule has 0 unspecified atom stereocenters. The molecular weight excluding hydrogens is 422 g/mol. The molecule has 3 rings (SSSR count). The molecule has 0 saturated heterocycles. The van der Waals surface area contributed by atoms with Gasteiger partial charge in [-0.3, -0.25) is 14.9 Å². The van der Waals surface area contributed by atoms with Gasteiger partial charge < -0.3 is 20.1 Å². The molecule has 8 nitrogen and oxygen atoms in total. The fourth-order valence-corrected chi connectivity index (χ4v) is 3.21. The summed E-state index contributed by atoms with van der Waals surface area (Å²) in [6, 6.07) is 15.8. The molecule has 0 saturated carbocycles. The molecule has 0 fully saturated rings. The fourth-order valence-electron chi connectivity index (χ4n) is 3.21. The van der Waals surface area contributed by atoms with Crippen molar-refractivity contribution < 1.29 is 23.9 Å². The number of hydrogen-bond donors (Lipinski definition) is 3. The number of methoxy groups -OCH3 is 1. The highest BCUT2D eigenvalue weighted by molar-refractivity contribution is 6.12. The second kappa shape index (κ2) is 9.60. The minimum absolute atomic E-state index is 0.237. The lowest BCUT2D eigenvalue weighted by molar-refractivity contribution is -0.114. The number of ether oxygens (including phenoxy) is 2. The van der Waals surface area contributed by atoms with Crippen molar-refractivity contribution in [3.05, 3.63) is 60.2 Å². The Bertz CT molecular complexity index is 1210. The summed E-state index contributed by atoms with van der Waals surface area (Å²) >= 11 is 0. The number of benzene rings is 3. The van der Waals surface area contributed by atoms with Crippen LogP contribution < -0.4 is 20.7 Å². The number of carbonyl (C=O) groups is 3. The number of nitrogens with one attached hydrogen (secondary N) is 3. The Kier molecular flexibility index (Phi) is 6.86. The van der Waals surface area contributed by atoms with Crippen molar-refractivity contribution in [1.29, 1.82) is 0 Å². The van der Waals surface area contributed by atoms with Gasteiger partial charge >= 0.3 is 6.09 Å². The highest BCUT2D eigenvalue weighted by Crippen LogP contribution is 2.30. The standard InChI is InChI=1S/C25H27N3O5/c1-15(29)26-20-11-10-18(14-22(20)32-5)27-23(30)19-12-16-8-6-7-9-17(16)13-21(19)28-24(31)33-25(2,3)4/h6-14H,1-5H3,(H,26,29)(H,27,30)(H,28,31). The molecule has 3 N–H and O–H groups in total. The van der Waals surface area contributed by atoms with Gasteiger partial charge in [0.15, 0.2) is 0 Å². The number of rotatable bonds is 5. The van der Waals surface area contributed by atoms with Gasteiger partial charge in [0.25, 0.3) is 5.91 Å². The molecule has 172 valence electrons. The summed E-state index contributed by atoms with van der Waals surface area (Å²) in [5, 5.41) is 9.88. The Hall–Kier alpha value is -4.07. The average Bonchev–Trinajstić information content (AvgIpc) is 2.72. The van der Waals surface area contributed by atoms with Gasteiger partial charge in [-0.15, -0.1) is 0 Å². The summed E-state index contributed by atoms with van der Waals surface area (Å²) < 4.78 is 10.7. The zero-order chi connectivity index (χ0) is 24.2. The summed E-state index contributed by atoms with van der Waals surface area (Å²) in [4.78, 5) is 37.0. The number of fused-ring (bicyclic) bond motifs is 1. The molecule has 8 heteroatoms. The van der Waals surface area contributed by atoms with Crippen LogP contribution in [0.2, 0.25) is 0 Å². The van der Waals surface area contributed by atoms with E-state index in [0.717, 1.165) is 10.8 Å². The third-order valence-corrected chi connectivity index (χ3v) is 4.54. The van der Waals surface area contributed by atoms with Gasteiger partial charge in [0.05, 0.1) is 24.0 Å². The molecule has 3 aromatic carbocycles. The van der Waals surface area contributed by atoms with E-state index in [1.807, 2.05) is 24.3 Å². The SMILES string of the molecule is COc1cc(NC(=O)c2cc3ccccc3cc2NC(=O)OC(C)(C)C)ccc1NC(C)=O. The number of carbonyl (C=O) groups excluding carboxylic acids is 3. The largest absolute Gasteiger partial charge is 0.494 e. The predicted octanol–water partition coefficient (Wildman–Crippen LogP) is 5.41. The van der Waals surface area contributed by atoms with E-state index in [2.05, 4.69) is 16.0 Å². The molecule has 33 heavy (non-hydrogen) atoms. The van der Waals surface area contributed by atoms with E-state index >= 15 is 0 Å². The summed E-state index contributed by atoms with van der Waals surface area (Å²) in [5.74, 6) is -0.270. The first-order chi connectivity index (χ1) is 15.6. The maximum absolute atomic E-state index is 13.2. The topological polar surface area (TPSA) is 106 Å². The number of anilines is 3. The Morgan fingerprint density at radius 3 is 2.09 bits per heavy atom. The zero-order valence-electron chi connectivity index (χ0n) is 19.2. The molecule has 0 aromatic heterocycles. The molecule has 0 atom stereocenters. The van der Waals surface area contributed by atoms with E-state index in [-0.39, 0.29) is 11.5 Å². The van der Waals surface area contributed by atoms with Gasteiger partial charge in [0.2, 0.25) is 5.91 Å². The number of amides is 3. The van der Waals surface area contributed by atoms with E-state index in [1.165, 1.54) is 14.0 Å². The minimum Gasteiger partial charge on any atom is -0.494 e. The Morgan fingerprint density at radius 1 is 0.818 bits per heavy atom. The first kappa shape index (κ1) is 23.6. The van der Waals surface area contributed by atoms with Crippen LogP contribution in [0.25, 0.3) is 10.8 Å². The molecule has 0 spiro atoms. The molecule has 0 aliphatic rings. The predicted molar refractivity (Wildman–Crippen MR) is 129 cm³/mol. The highest BCUT2D eigenvalue weighted by atomic mass is 16.6. The van der Waals surface area contributed by atoms with Gasteiger partial charge in [-0.05, 0) is 55.8 Å². The molecule has 0 aliphatic carbocycles. The second-order valence-corrected chi connectivity index (χ2v) is 8.42. The van der Waals surface area contributed by atoms with Crippen molar-refractivity contribution in [1.82, 2.24) is 0 Å². The van der Waals surface area contributed by atoms with Crippen LogP contribution in [-0.4, -0.2) is 30.6 Å². The van der Waals surface area contributed by atoms with Crippen LogP contribution in [0, 0.1) is 0 Å². The monoisotopic (exact) mass is 449 g/mol. The van der Waals surface area contributed by atoms with Crippen molar-refractivity contribution >= 4 is 45.7 Å². The fraction of sp³-hybridized carbons (Fsp3) is 0.240. The van der Waals surface area contributed by atoms with Gasteiger partial charge in [-0.25, -0.2) is 4.79 Å². The summed E-state index contributed by atoms with van der Waals surface area (Å²) in [7, 11) is 1.47. The summed E-state index contributed by atoms with van der Waals surface area (Å²) in [6.45, 7) is 6.68. The lowest BCUT2D eigenvalue weighted by Gasteiger charge is -2.20. The Labute approximate surface area is 192 Å². The molecule has 0 bridgehead atoms. The first-order valence-corrected chi connectivity index (χ1v) is 10.4. The van der Waals surface area contributed by atoms with E-state index < -0.39 is 17.6 Å². The maximum atomic E-state index is 13.2. The van der Waals surface area contributed by atoms with Gasteiger partial charge in [0.1, 0.15) is 11.4 Å². The second-order valence-electron chi connectivity index (χ2n) is 8.42.